The summed E-state index contributed by atoms with van der Waals surface area (Å²) in [6.45, 7) is 14.0. The first-order chi connectivity index (χ1) is 31.9. The number of rotatable bonds is 19. The number of carbonyl (C=O) groups is 4. The lowest BCUT2D eigenvalue weighted by molar-refractivity contribution is 0.0358. The van der Waals surface area contributed by atoms with Crippen LogP contribution in [0.5, 0.6) is 5.75 Å². The summed E-state index contributed by atoms with van der Waals surface area (Å²) in [5, 5.41) is 15.0. The molecule has 0 aliphatic carbocycles. The molecule has 2 aromatic carbocycles. The molecule has 21 nitrogen and oxygen atoms in total. The van der Waals surface area contributed by atoms with Crippen LogP contribution in [0.2, 0.25) is 0 Å². The first kappa shape index (κ1) is 45.5. The van der Waals surface area contributed by atoms with Crippen LogP contribution in [0.15, 0.2) is 48.6 Å². The summed E-state index contributed by atoms with van der Waals surface area (Å²) in [6.07, 6.45) is 4.65. The molecule has 8 rings (SSSR count). The van der Waals surface area contributed by atoms with Gasteiger partial charge in [0.05, 0.1) is 66.1 Å². The van der Waals surface area contributed by atoms with Crippen LogP contribution in [0.25, 0.3) is 22.1 Å². The predicted molar refractivity (Wildman–Crippen MR) is 247 cm³/mol. The summed E-state index contributed by atoms with van der Waals surface area (Å²) in [7, 11) is 1.62. The Hall–Kier alpha value is -7.10. The van der Waals surface area contributed by atoms with E-state index >= 15 is 0 Å². The fraction of sp³-hybridized carbons (Fsp3) is 0.422. The Morgan fingerprint density at radius 3 is 2.03 bits per heavy atom. The molecule has 1 saturated heterocycles. The predicted octanol–water partition coefficient (Wildman–Crippen LogP) is 3.50. The van der Waals surface area contributed by atoms with Crippen molar-refractivity contribution in [1.29, 1.82) is 0 Å². The van der Waals surface area contributed by atoms with Gasteiger partial charge in [-0.05, 0) is 70.5 Å². The van der Waals surface area contributed by atoms with Crippen LogP contribution in [0.4, 0.5) is 17.6 Å². The number of nitrogens with one attached hydrogen (secondary N) is 2. The number of imidazole rings is 2. The lowest BCUT2D eigenvalue weighted by Crippen LogP contribution is -2.37. The van der Waals surface area contributed by atoms with Gasteiger partial charge in [0, 0.05) is 70.6 Å². The minimum Gasteiger partial charge on any atom is -0.491 e. The third-order valence-electron chi connectivity index (χ3n) is 11.7. The second-order valence-corrected chi connectivity index (χ2v) is 16.3. The Kier molecular flexibility index (Phi) is 13.5. The molecule has 2 aliphatic rings. The SMILES string of the molecule is CCn1nc(C)cc1C(=O)Nc1nc2cc(C(N)=O)cc(OCCCN3CCOCC3)c2n1C/C=C/[C@H]1CN(CCOC)c2cc(C(N)=O)cc3nc(NC(=O)c4cc(C)nn4CC)n1c23. The number of nitrogens with zero attached hydrogens (tertiary/aromatic N) is 10. The quantitative estimate of drug-likeness (QED) is 0.0672. The van der Waals surface area contributed by atoms with Gasteiger partial charge in [0.15, 0.2) is 0 Å². The van der Waals surface area contributed by atoms with Crippen molar-refractivity contribution in [2.75, 3.05) is 81.8 Å². The fourth-order valence-electron chi connectivity index (χ4n) is 8.61. The van der Waals surface area contributed by atoms with Crippen molar-refractivity contribution in [2.45, 2.75) is 59.8 Å². The lowest BCUT2D eigenvalue weighted by Gasteiger charge is -2.35. The van der Waals surface area contributed by atoms with Crippen molar-refractivity contribution >= 4 is 63.3 Å². The molecular formula is C45H56N14O7. The van der Waals surface area contributed by atoms with Gasteiger partial charge in [-0.2, -0.15) is 10.2 Å². The van der Waals surface area contributed by atoms with Crippen LogP contribution in [0.3, 0.4) is 0 Å². The minimum atomic E-state index is -0.653. The number of aryl methyl sites for hydroxylation is 4. The number of carbonyl (C=O) groups excluding carboxylic acids is 4. The Balaban J connectivity index is 1.20. The molecule has 348 valence electrons. The summed E-state index contributed by atoms with van der Waals surface area (Å²) in [5.41, 5.74) is 17.0. The highest BCUT2D eigenvalue weighted by Gasteiger charge is 2.31. The maximum absolute atomic E-state index is 14.0. The van der Waals surface area contributed by atoms with E-state index in [0.29, 0.717) is 115 Å². The first-order valence-corrected chi connectivity index (χ1v) is 22.1. The van der Waals surface area contributed by atoms with Crippen molar-refractivity contribution in [1.82, 2.24) is 43.6 Å². The number of hydrogen-bond acceptors (Lipinski definition) is 13. The van der Waals surface area contributed by atoms with Gasteiger partial charge >= 0.3 is 0 Å². The third-order valence-corrected chi connectivity index (χ3v) is 11.7. The van der Waals surface area contributed by atoms with E-state index in [9.17, 15) is 19.2 Å². The molecule has 4 amide bonds. The molecular weight excluding hydrogens is 849 g/mol. The molecule has 2 aliphatic heterocycles. The summed E-state index contributed by atoms with van der Waals surface area (Å²) >= 11 is 0. The van der Waals surface area contributed by atoms with Gasteiger partial charge in [-0.15, -0.1) is 0 Å². The summed E-state index contributed by atoms with van der Waals surface area (Å²) in [4.78, 5) is 67.3. The molecule has 0 unspecified atom stereocenters. The van der Waals surface area contributed by atoms with Crippen LogP contribution in [-0.4, -0.2) is 133 Å². The maximum Gasteiger partial charge on any atom is 0.276 e. The van der Waals surface area contributed by atoms with Crippen molar-refractivity contribution < 1.29 is 33.4 Å². The number of morpholine rings is 1. The molecule has 4 aromatic heterocycles. The van der Waals surface area contributed by atoms with Crippen LogP contribution >= 0.6 is 0 Å². The molecule has 6 aromatic rings. The fourth-order valence-corrected chi connectivity index (χ4v) is 8.61. The number of ether oxygens (including phenoxy) is 3. The molecule has 0 saturated carbocycles. The van der Waals surface area contributed by atoms with Gasteiger partial charge < -0.3 is 35.1 Å². The van der Waals surface area contributed by atoms with Gasteiger partial charge in [0.2, 0.25) is 23.7 Å². The molecule has 0 bridgehead atoms. The smallest absolute Gasteiger partial charge is 0.276 e. The van der Waals surface area contributed by atoms with Gasteiger partial charge in [-0.3, -0.25) is 48.6 Å². The number of hydrogen-bond donors (Lipinski definition) is 4. The summed E-state index contributed by atoms with van der Waals surface area (Å²) < 4.78 is 24.5. The zero-order valence-corrected chi connectivity index (χ0v) is 37.9. The lowest BCUT2D eigenvalue weighted by atomic mass is 10.1. The number of anilines is 3. The van der Waals surface area contributed by atoms with E-state index in [4.69, 9.17) is 35.6 Å². The molecule has 6 N–H and O–H groups in total. The minimum absolute atomic E-state index is 0.175. The second-order valence-electron chi connectivity index (χ2n) is 16.3. The molecule has 21 heteroatoms. The van der Waals surface area contributed by atoms with Crippen molar-refractivity contribution in [3.8, 4) is 5.75 Å². The van der Waals surface area contributed by atoms with E-state index in [1.54, 1.807) is 52.9 Å². The number of allylic oxidation sites excluding steroid dienone is 1. The highest BCUT2D eigenvalue weighted by molar-refractivity contribution is 6.06. The molecule has 1 atom stereocenters. The highest BCUT2D eigenvalue weighted by Crippen LogP contribution is 2.39. The van der Waals surface area contributed by atoms with Crippen LogP contribution in [-0.2, 0) is 29.1 Å². The van der Waals surface area contributed by atoms with Crippen LogP contribution in [0, 0.1) is 13.8 Å². The Labute approximate surface area is 380 Å². The zero-order chi connectivity index (χ0) is 46.6. The van der Waals surface area contributed by atoms with E-state index in [2.05, 4.69) is 30.6 Å². The first-order valence-electron chi connectivity index (χ1n) is 22.1. The second kappa shape index (κ2) is 19.6. The normalized spacial score (nSPS) is 15.3. The van der Waals surface area contributed by atoms with E-state index in [1.807, 2.05) is 49.0 Å². The number of primary amides is 2. The molecule has 6 heterocycles. The number of benzene rings is 2. The van der Waals surface area contributed by atoms with Gasteiger partial charge in [-0.25, -0.2) is 9.97 Å². The topological polar surface area (TPSA) is 250 Å². The summed E-state index contributed by atoms with van der Waals surface area (Å²) in [6, 6.07) is 9.55. The van der Waals surface area contributed by atoms with Crippen molar-refractivity contribution in [2.24, 2.45) is 11.5 Å². The van der Waals surface area contributed by atoms with Crippen LogP contribution in [0.1, 0.15) is 79.4 Å². The van der Waals surface area contributed by atoms with Gasteiger partial charge in [0.1, 0.15) is 22.7 Å². The maximum atomic E-state index is 14.0. The van der Waals surface area contributed by atoms with E-state index in [0.717, 1.165) is 19.6 Å². The largest absolute Gasteiger partial charge is 0.491 e. The number of nitrogens with two attached hydrogens (primary N) is 2. The third kappa shape index (κ3) is 9.35. The molecule has 1 fully saturated rings. The van der Waals surface area contributed by atoms with Gasteiger partial charge in [0.25, 0.3) is 11.8 Å². The Morgan fingerprint density at radius 2 is 1.41 bits per heavy atom. The monoisotopic (exact) mass is 904 g/mol. The number of methoxy groups -OCH3 is 1. The molecule has 0 radical (unpaired) electrons. The van der Waals surface area contributed by atoms with Crippen LogP contribution < -0.4 is 31.7 Å². The average Bonchev–Trinajstić information content (AvgIpc) is 4.08. The average molecular weight is 905 g/mol. The zero-order valence-electron chi connectivity index (χ0n) is 37.9. The van der Waals surface area contributed by atoms with Crippen molar-refractivity contribution in [3.05, 3.63) is 82.5 Å². The Bertz CT molecular complexity index is 2830. The van der Waals surface area contributed by atoms with Crippen molar-refractivity contribution in [3.63, 3.8) is 0 Å². The highest BCUT2D eigenvalue weighted by atomic mass is 16.5. The molecule has 66 heavy (non-hydrogen) atoms. The van der Waals surface area contributed by atoms with E-state index in [-0.39, 0.29) is 29.6 Å². The molecule has 0 spiro atoms. The number of amides is 4. The van der Waals surface area contributed by atoms with Gasteiger partial charge in [-0.1, -0.05) is 12.2 Å². The Morgan fingerprint density at radius 1 is 0.803 bits per heavy atom. The van der Waals surface area contributed by atoms with E-state index < -0.39 is 29.7 Å². The summed E-state index contributed by atoms with van der Waals surface area (Å²) in [5.74, 6) is -1.24. The van der Waals surface area contributed by atoms with E-state index in [1.165, 1.54) is 0 Å². The standard InChI is InChI=1S/C45H56N14O7/c1-6-57-35(20-27(3)52-57)42(62)50-44-48-33-23-30(41(47)61)25-37(66-16-9-11-54-13-18-65-19-14-54)39(33)56(44)12-8-10-31-26-55(15-17-64-5)34-24-29(40(46)60)22-32-38(34)59(31)45(49-32)51-43(63)36-21-28(4)53-58(36)7-2/h8,10,20-25,31H,6-7,9,11-19,26H2,1-5H3,(H2,46,60)(H2,47,61)(H,48,50,62)(H,49,51,63)/b10-8+/t31-/m0/s1. The number of fused-ring (bicyclic) bond motifs is 1. The number of aromatic nitrogens is 8.